The first-order valence-electron chi connectivity index (χ1n) is 7.13. The summed E-state index contributed by atoms with van der Waals surface area (Å²) in [6.07, 6.45) is 1.17. The number of carbonyl (C=O) groups is 1. The first-order chi connectivity index (χ1) is 10.9. The normalized spacial score (nSPS) is 16.7. The van der Waals surface area contributed by atoms with E-state index >= 15 is 0 Å². The average Bonchev–Trinajstić information content (AvgIpc) is 2.53. The molecular weight excluding hydrogens is 336 g/mol. The highest BCUT2D eigenvalue weighted by atomic mass is 32.2. The van der Waals surface area contributed by atoms with Crippen molar-refractivity contribution in [2.24, 2.45) is 0 Å². The van der Waals surface area contributed by atoms with E-state index in [4.69, 9.17) is 0 Å². The molecule has 0 unspecified atom stereocenters. The highest BCUT2D eigenvalue weighted by molar-refractivity contribution is 7.88. The molecule has 1 aliphatic heterocycles. The Bertz CT molecular complexity index is 912. The second kappa shape index (κ2) is 6.03. The molecule has 0 saturated carbocycles. The van der Waals surface area contributed by atoms with E-state index < -0.39 is 10.0 Å². The van der Waals surface area contributed by atoms with Crippen LogP contribution in [0.5, 0.6) is 0 Å². The lowest BCUT2D eigenvalue weighted by Crippen LogP contribution is -2.50. The van der Waals surface area contributed by atoms with Crippen LogP contribution in [0.4, 0.5) is 0 Å². The molecule has 1 aromatic heterocycles. The molecule has 2 heterocycles. The summed E-state index contributed by atoms with van der Waals surface area (Å²) < 4.78 is 24.2. The monoisotopic (exact) mass is 352 g/mol. The number of amides is 1. The topological polar surface area (TPSA) is 74.8 Å². The maximum absolute atomic E-state index is 12.6. The maximum atomic E-state index is 12.6. The van der Waals surface area contributed by atoms with Gasteiger partial charge in [-0.05, 0) is 17.5 Å². The summed E-state index contributed by atoms with van der Waals surface area (Å²) in [5, 5.41) is 1.35. The summed E-state index contributed by atoms with van der Waals surface area (Å²) in [5.41, 5.74) is 0. The molecule has 2 aromatic rings. The summed E-state index contributed by atoms with van der Waals surface area (Å²) >= 11 is 0.936. The molecule has 0 aliphatic carbocycles. The number of nitrogens with zero attached hydrogens (tertiary/aromatic N) is 2. The first kappa shape index (κ1) is 16.1. The molecule has 6 nitrogen and oxygen atoms in total. The van der Waals surface area contributed by atoms with E-state index in [9.17, 15) is 18.0 Å². The number of hydrogen-bond acceptors (Lipinski definition) is 5. The predicted molar refractivity (Wildman–Crippen MR) is 90.4 cm³/mol. The number of piperazine rings is 1. The van der Waals surface area contributed by atoms with Crippen molar-refractivity contribution in [3.05, 3.63) is 44.7 Å². The summed E-state index contributed by atoms with van der Waals surface area (Å²) in [6, 6.07) is 8.90. The molecule has 3 rings (SSSR count). The van der Waals surface area contributed by atoms with Gasteiger partial charge in [0, 0.05) is 31.6 Å². The fraction of sp³-hybridized carbons (Fsp3) is 0.333. The molecule has 1 aromatic carbocycles. The third kappa shape index (κ3) is 3.29. The van der Waals surface area contributed by atoms with Gasteiger partial charge in [0.2, 0.25) is 14.8 Å². The van der Waals surface area contributed by atoms with Crippen LogP contribution in [0.2, 0.25) is 0 Å². The number of rotatable bonds is 2. The molecule has 0 N–H and O–H groups in total. The molecule has 1 saturated heterocycles. The lowest BCUT2D eigenvalue weighted by atomic mass is 10.2. The minimum atomic E-state index is -3.23. The second-order valence-corrected chi connectivity index (χ2v) is 8.44. The molecule has 23 heavy (non-hydrogen) atoms. The van der Waals surface area contributed by atoms with Crippen LogP contribution in [0.1, 0.15) is 9.67 Å². The van der Waals surface area contributed by atoms with Crippen LogP contribution in [0.3, 0.4) is 0 Å². The van der Waals surface area contributed by atoms with Gasteiger partial charge in [0.15, 0.2) is 0 Å². The molecule has 0 radical (unpaired) electrons. The van der Waals surface area contributed by atoms with Crippen LogP contribution in [0.15, 0.2) is 35.1 Å². The van der Waals surface area contributed by atoms with Crippen LogP contribution in [0, 0.1) is 0 Å². The van der Waals surface area contributed by atoms with Gasteiger partial charge in [-0.1, -0.05) is 29.5 Å². The Morgan fingerprint density at radius 1 is 1.13 bits per heavy atom. The van der Waals surface area contributed by atoms with Crippen LogP contribution in [0.25, 0.3) is 10.8 Å². The van der Waals surface area contributed by atoms with Crippen molar-refractivity contribution >= 4 is 38.0 Å². The van der Waals surface area contributed by atoms with E-state index in [1.807, 2.05) is 12.1 Å². The second-order valence-electron chi connectivity index (χ2n) is 5.44. The summed E-state index contributed by atoms with van der Waals surface area (Å²) in [7, 11) is -3.23. The zero-order valence-electron chi connectivity index (χ0n) is 12.6. The van der Waals surface area contributed by atoms with Crippen molar-refractivity contribution in [1.29, 1.82) is 0 Å². The minimum Gasteiger partial charge on any atom is -0.335 e. The van der Waals surface area contributed by atoms with E-state index in [0.717, 1.165) is 16.7 Å². The molecular formula is C15H16N2O4S2. The van der Waals surface area contributed by atoms with Gasteiger partial charge in [-0.3, -0.25) is 9.59 Å². The third-order valence-corrected chi connectivity index (χ3v) is 6.10. The highest BCUT2D eigenvalue weighted by Gasteiger charge is 2.27. The maximum Gasteiger partial charge on any atom is 0.264 e. The first-order valence-corrected chi connectivity index (χ1v) is 9.80. The molecule has 8 heteroatoms. The predicted octanol–water partition coefficient (Wildman–Crippen LogP) is 0.979. The number of benzene rings is 1. The van der Waals surface area contributed by atoms with Gasteiger partial charge in [0.25, 0.3) is 5.91 Å². The summed E-state index contributed by atoms with van der Waals surface area (Å²) in [4.78, 5) is 26.7. The van der Waals surface area contributed by atoms with Crippen LogP contribution < -0.4 is 4.74 Å². The molecule has 0 spiro atoms. The fourth-order valence-corrected chi connectivity index (χ4v) is 4.34. The third-order valence-electron chi connectivity index (χ3n) is 3.88. The zero-order valence-corrected chi connectivity index (χ0v) is 14.2. The van der Waals surface area contributed by atoms with E-state index in [1.54, 1.807) is 23.1 Å². The molecule has 1 fully saturated rings. The Kier molecular flexibility index (Phi) is 4.22. The summed E-state index contributed by atoms with van der Waals surface area (Å²) in [5.74, 6) is -0.217. The van der Waals surface area contributed by atoms with Gasteiger partial charge < -0.3 is 4.90 Å². The average molecular weight is 352 g/mol. The lowest BCUT2D eigenvalue weighted by molar-refractivity contribution is 0.0703. The Morgan fingerprint density at radius 3 is 2.43 bits per heavy atom. The number of sulfonamides is 1. The molecule has 0 atom stereocenters. The fourth-order valence-electron chi connectivity index (χ4n) is 2.62. The number of carbonyl (C=O) groups excluding carboxylic acids is 1. The van der Waals surface area contributed by atoms with Crippen molar-refractivity contribution in [2.45, 2.75) is 0 Å². The van der Waals surface area contributed by atoms with Crippen molar-refractivity contribution < 1.29 is 13.2 Å². The Hall–Kier alpha value is -1.77. The van der Waals surface area contributed by atoms with Gasteiger partial charge in [-0.2, -0.15) is 4.31 Å². The SMILES string of the molecule is CS(=O)(=O)N1CCN(C(=O)c2cc3ccccc3c(=O)s2)CC1. The highest BCUT2D eigenvalue weighted by Crippen LogP contribution is 2.18. The molecule has 0 bridgehead atoms. The van der Waals surface area contributed by atoms with Gasteiger partial charge in [0.1, 0.15) is 0 Å². The standard InChI is InChI=1S/C15H16N2O4S2/c1-23(20,21)17-8-6-16(7-9-17)14(18)13-10-11-4-2-3-5-12(11)15(19)22-13/h2-5,10H,6-9H2,1H3. The van der Waals surface area contributed by atoms with Gasteiger partial charge in [-0.25, -0.2) is 8.42 Å². The molecule has 1 aliphatic rings. The van der Waals surface area contributed by atoms with Crippen molar-refractivity contribution in [1.82, 2.24) is 9.21 Å². The van der Waals surface area contributed by atoms with E-state index in [-0.39, 0.29) is 23.7 Å². The van der Waals surface area contributed by atoms with Crippen molar-refractivity contribution in [2.75, 3.05) is 32.4 Å². The molecule has 122 valence electrons. The van der Waals surface area contributed by atoms with E-state index in [2.05, 4.69) is 0 Å². The Balaban J connectivity index is 1.83. The smallest absolute Gasteiger partial charge is 0.264 e. The Morgan fingerprint density at radius 2 is 1.78 bits per heavy atom. The summed E-state index contributed by atoms with van der Waals surface area (Å²) in [6.45, 7) is 1.24. The number of fused-ring (bicyclic) bond motifs is 1. The van der Waals surface area contributed by atoms with E-state index in [1.165, 1.54) is 10.6 Å². The van der Waals surface area contributed by atoms with Crippen molar-refractivity contribution in [3.63, 3.8) is 0 Å². The minimum absolute atomic E-state index is 0.138. The zero-order chi connectivity index (χ0) is 16.6. The Labute approximate surface area is 138 Å². The van der Waals surface area contributed by atoms with Gasteiger partial charge >= 0.3 is 0 Å². The van der Waals surface area contributed by atoms with Crippen LogP contribution in [-0.4, -0.2) is 56.0 Å². The molecule has 1 amide bonds. The van der Waals surface area contributed by atoms with Gasteiger partial charge in [-0.15, -0.1) is 0 Å². The number of hydrogen-bond donors (Lipinski definition) is 0. The van der Waals surface area contributed by atoms with Gasteiger partial charge in [0.05, 0.1) is 11.1 Å². The van der Waals surface area contributed by atoms with Crippen LogP contribution >= 0.6 is 11.3 Å². The largest absolute Gasteiger partial charge is 0.335 e. The van der Waals surface area contributed by atoms with E-state index in [0.29, 0.717) is 23.4 Å². The van der Waals surface area contributed by atoms with Crippen LogP contribution in [-0.2, 0) is 10.0 Å². The quantitative estimate of drug-likeness (QED) is 0.807. The van der Waals surface area contributed by atoms with Crippen molar-refractivity contribution in [3.8, 4) is 0 Å². The lowest BCUT2D eigenvalue weighted by Gasteiger charge is -2.33.